The lowest BCUT2D eigenvalue weighted by Gasteiger charge is -2.31. The molecule has 0 amide bonds. The summed E-state index contributed by atoms with van der Waals surface area (Å²) in [5.74, 6) is 0. The Morgan fingerprint density at radius 2 is 1.81 bits per heavy atom. The van der Waals surface area contributed by atoms with E-state index in [-0.39, 0.29) is 24.3 Å². The minimum Gasteiger partial charge on any atom is -0.305 e. The van der Waals surface area contributed by atoms with E-state index in [0.29, 0.717) is 0 Å². The monoisotopic (exact) mass is 322 g/mol. The topological polar surface area (TPSA) is 58.2 Å². The molecule has 1 heterocycles. The minimum atomic E-state index is -4.29. The molecular formula is C13H17F3N2O2S. The summed E-state index contributed by atoms with van der Waals surface area (Å²) in [4.78, 5) is 0.117. The molecule has 2 rings (SSSR count). The van der Waals surface area contributed by atoms with Crippen LogP contribution in [0.15, 0.2) is 29.2 Å². The Morgan fingerprint density at radius 3 is 2.29 bits per heavy atom. The Hall–Kier alpha value is -1.12. The van der Waals surface area contributed by atoms with Crippen LogP contribution < -0.4 is 10.0 Å². The maximum atomic E-state index is 12.5. The van der Waals surface area contributed by atoms with Gasteiger partial charge in [0.15, 0.2) is 0 Å². The van der Waals surface area contributed by atoms with Gasteiger partial charge in [-0.1, -0.05) is 17.7 Å². The zero-order valence-corrected chi connectivity index (χ0v) is 12.3. The molecule has 2 unspecified atom stereocenters. The third kappa shape index (κ3) is 4.18. The second-order valence-corrected chi connectivity index (χ2v) is 6.93. The van der Waals surface area contributed by atoms with Crippen LogP contribution in [-0.4, -0.2) is 33.2 Å². The van der Waals surface area contributed by atoms with Gasteiger partial charge in [-0.05, 0) is 31.9 Å². The van der Waals surface area contributed by atoms with E-state index in [0.717, 1.165) is 5.56 Å². The van der Waals surface area contributed by atoms with Crippen LogP contribution in [0.2, 0.25) is 0 Å². The molecule has 0 saturated carbocycles. The predicted octanol–water partition coefficient (Wildman–Crippen LogP) is 1.96. The van der Waals surface area contributed by atoms with E-state index < -0.39 is 28.3 Å². The number of hydrogen-bond acceptors (Lipinski definition) is 3. The van der Waals surface area contributed by atoms with Crippen molar-refractivity contribution in [1.82, 2.24) is 10.0 Å². The molecule has 1 aromatic rings. The maximum Gasteiger partial charge on any atom is 0.403 e. The van der Waals surface area contributed by atoms with Crippen molar-refractivity contribution in [1.29, 1.82) is 0 Å². The summed E-state index contributed by atoms with van der Waals surface area (Å²) in [6.45, 7) is 1.81. The molecule has 0 bridgehead atoms. The molecule has 1 aromatic carbocycles. The van der Waals surface area contributed by atoms with E-state index in [2.05, 4.69) is 10.0 Å². The first-order chi connectivity index (χ1) is 9.68. The number of aryl methyl sites for hydroxylation is 1. The van der Waals surface area contributed by atoms with Gasteiger partial charge in [0.05, 0.1) is 4.90 Å². The maximum absolute atomic E-state index is 12.5. The highest BCUT2D eigenvalue weighted by Crippen LogP contribution is 2.26. The molecule has 0 spiro atoms. The second-order valence-electron chi connectivity index (χ2n) is 5.21. The number of benzene rings is 1. The normalized spacial score (nSPS) is 24.0. The van der Waals surface area contributed by atoms with Crippen LogP contribution in [0.4, 0.5) is 13.2 Å². The first kappa shape index (κ1) is 16.3. The summed E-state index contributed by atoms with van der Waals surface area (Å²) < 4.78 is 64.2. The van der Waals surface area contributed by atoms with E-state index in [9.17, 15) is 21.6 Å². The Bertz CT molecular complexity index is 576. The third-order valence-corrected chi connectivity index (χ3v) is 5.00. The van der Waals surface area contributed by atoms with Crippen molar-refractivity contribution < 1.29 is 21.6 Å². The number of rotatable bonds is 3. The molecule has 118 valence electrons. The van der Waals surface area contributed by atoms with Crippen molar-refractivity contribution in [3.8, 4) is 0 Å². The lowest BCUT2D eigenvalue weighted by molar-refractivity contribution is -0.160. The highest BCUT2D eigenvalue weighted by atomic mass is 32.2. The molecule has 8 heteroatoms. The van der Waals surface area contributed by atoms with Gasteiger partial charge >= 0.3 is 6.18 Å². The van der Waals surface area contributed by atoms with E-state index in [4.69, 9.17) is 0 Å². The smallest absolute Gasteiger partial charge is 0.305 e. The van der Waals surface area contributed by atoms with E-state index in [1.807, 2.05) is 6.92 Å². The van der Waals surface area contributed by atoms with Gasteiger partial charge in [0, 0.05) is 12.6 Å². The molecule has 4 nitrogen and oxygen atoms in total. The van der Waals surface area contributed by atoms with Gasteiger partial charge in [0.2, 0.25) is 10.0 Å². The molecule has 1 saturated heterocycles. The first-order valence-electron chi connectivity index (χ1n) is 6.57. The fourth-order valence-electron chi connectivity index (χ4n) is 2.24. The van der Waals surface area contributed by atoms with Crippen molar-refractivity contribution in [3.63, 3.8) is 0 Å². The molecule has 0 radical (unpaired) electrons. The van der Waals surface area contributed by atoms with Crippen LogP contribution in [0.3, 0.4) is 0 Å². The summed E-state index contributed by atoms with van der Waals surface area (Å²) in [6.07, 6.45) is -4.27. The van der Waals surface area contributed by atoms with Crippen LogP contribution in [0.5, 0.6) is 0 Å². The zero-order valence-electron chi connectivity index (χ0n) is 11.4. The molecule has 2 N–H and O–H groups in total. The van der Waals surface area contributed by atoms with Gasteiger partial charge in [0.1, 0.15) is 6.04 Å². The largest absolute Gasteiger partial charge is 0.403 e. The van der Waals surface area contributed by atoms with Gasteiger partial charge in [-0.15, -0.1) is 0 Å². The highest BCUT2D eigenvalue weighted by Gasteiger charge is 2.41. The molecule has 0 aromatic heterocycles. The van der Waals surface area contributed by atoms with Crippen LogP contribution in [0, 0.1) is 6.92 Å². The molecule has 1 aliphatic heterocycles. The minimum absolute atomic E-state index is 0.0325. The quantitative estimate of drug-likeness (QED) is 0.894. The van der Waals surface area contributed by atoms with Crippen molar-refractivity contribution >= 4 is 10.0 Å². The first-order valence-corrected chi connectivity index (χ1v) is 8.06. The zero-order chi connectivity index (χ0) is 15.7. The standard InChI is InChI=1S/C13H17F3N2O2S/c1-9-2-5-11(6-3-9)21(19,20)18-10-4-7-12(17-8-10)13(14,15)16/h2-3,5-6,10,12,17-18H,4,7-8H2,1H3. The van der Waals surface area contributed by atoms with Crippen molar-refractivity contribution in [3.05, 3.63) is 29.8 Å². The number of sulfonamides is 1. The van der Waals surface area contributed by atoms with Crippen LogP contribution in [-0.2, 0) is 10.0 Å². The summed E-state index contributed by atoms with van der Waals surface area (Å²) in [5, 5.41) is 2.34. The third-order valence-electron chi connectivity index (χ3n) is 3.46. The van der Waals surface area contributed by atoms with Crippen molar-refractivity contribution in [2.24, 2.45) is 0 Å². The van der Waals surface area contributed by atoms with E-state index in [1.54, 1.807) is 12.1 Å². The van der Waals surface area contributed by atoms with Gasteiger partial charge in [0.25, 0.3) is 0 Å². The van der Waals surface area contributed by atoms with Crippen molar-refractivity contribution in [2.45, 2.75) is 42.9 Å². The van der Waals surface area contributed by atoms with Crippen LogP contribution in [0.1, 0.15) is 18.4 Å². The van der Waals surface area contributed by atoms with E-state index in [1.165, 1.54) is 12.1 Å². The molecule has 0 aliphatic carbocycles. The summed E-state index contributed by atoms with van der Waals surface area (Å²) in [6, 6.07) is 4.21. The van der Waals surface area contributed by atoms with Gasteiger partial charge in [-0.2, -0.15) is 13.2 Å². The Balaban J connectivity index is 1.98. The van der Waals surface area contributed by atoms with Gasteiger partial charge in [-0.25, -0.2) is 13.1 Å². The predicted molar refractivity (Wildman–Crippen MR) is 72.4 cm³/mol. The Morgan fingerprint density at radius 1 is 1.19 bits per heavy atom. The summed E-state index contributed by atoms with van der Waals surface area (Å²) in [5.41, 5.74) is 0.932. The lowest BCUT2D eigenvalue weighted by Crippen LogP contribution is -2.54. The van der Waals surface area contributed by atoms with Gasteiger partial charge < -0.3 is 5.32 Å². The fourth-order valence-corrected chi connectivity index (χ4v) is 3.51. The molecule has 21 heavy (non-hydrogen) atoms. The highest BCUT2D eigenvalue weighted by molar-refractivity contribution is 7.89. The SMILES string of the molecule is Cc1ccc(S(=O)(=O)NC2CCC(C(F)(F)F)NC2)cc1. The average Bonchev–Trinajstić information content (AvgIpc) is 2.38. The number of hydrogen-bond donors (Lipinski definition) is 2. The summed E-state index contributed by atoms with van der Waals surface area (Å²) in [7, 11) is -3.70. The average molecular weight is 322 g/mol. The number of alkyl halides is 3. The molecule has 1 fully saturated rings. The Kier molecular flexibility index (Phi) is 4.60. The fraction of sp³-hybridized carbons (Fsp3) is 0.538. The van der Waals surface area contributed by atoms with Crippen LogP contribution >= 0.6 is 0 Å². The number of nitrogens with one attached hydrogen (secondary N) is 2. The van der Waals surface area contributed by atoms with Crippen LogP contribution in [0.25, 0.3) is 0 Å². The molecule has 1 aliphatic rings. The molecular weight excluding hydrogens is 305 g/mol. The lowest BCUT2D eigenvalue weighted by atomic mass is 10.0. The molecule has 2 atom stereocenters. The Labute approximate surface area is 121 Å². The summed E-state index contributed by atoms with van der Waals surface area (Å²) >= 11 is 0. The van der Waals surface area contributed by atoms with Crippen molar-refractivity contribution in [2.75, 3.05) is 6.54 Å². The second kappa shape index (κ2) is 5.94. The number of halogens is 3. The number of piperidine rings is 1. The van der Waals surface area contributed by atoms with Gasteiger partial charge in [-0.3, -0.25) is 0 Å². The van der Waals surface area contributed by atoms with E-state index >= 15 is 0 Å².